The average molecular weight is 405 g/mol. The molecule has 0 saturated carbocycles. The van der Waals surface area contributed by atoms with Crippen LogP contribution >= 0.6 is 0 Å². The summed E-state index contributed by atoms with van der Waals surface area (Å²) in [7, 11) is 0. The van der Waals surface area contributed by atoms with E-state index in [-0.39, 0.29) is 6.61 Å². The Balaban J connectivity index is 2.97. The molecule has 0 atom stereocenters. The van der Waals surface area contributed by atoms with Gasteiger partial charge in [-0.3, -0.25) is 0 Å². The Labute approximate surface area is 172 Å². The molecule has 0 amide bonds. The first-order chi connectivity index (χ1) is 13.9. The van der Waals surface area contributed by atoms with Crippen LogP contribution in [0.1, 0.15) is 71.1 Å². The molecule has 0 aromatic carbocycles. The Morgan fingerprint density at radius 2 is 0.821 bits per heavy atom. The van der Waals surface area contributed by atoms with E-state index in [0.29, 0.717) is 52.9 Å². The molecule has 0 aliphatic carbocycles. The number of hydrogen-bond acceptors (Lipinski definition) is 6. The van der Waals surface area contributed by atoms with E-state index in [1.807, 2.05) is 0 Å². The summed E-state index contributed by atoms with van der Waals surface area (Å²) in [5, 5.41) is 0. The second-order valence-electron chi connectivity index (χ2n) is 6.87. The van der Waals surface area contributed by atoms with E-state index in [0.717, 1.165) is 19.3 Å². The number of carbonyl (C=O) groups excluding carboxylic acids is 1. The molecule has 0 aliphatic rings. The first kappa shape index (κ1) is 27.5. The van der Waals surface area contributed by atoms with Gasteiger partial charge in [-0.05, 0) is 6.42 Å². The summed E-state index contributed by atoms with van der Waals surface area (Å²) in [6.45, 7) is 7.59. The molecule has 0 N–H and O–H groups in total. The molecule has 6 nitrogen and oxygen atoms in total. The van der Waals surface area contributed by atoms with Gasteiger partial charge in [0.05, 0.1) is 52.9 Å². The van der Waals surface area contributed by atoms with Gasteiger partial charge >= 0.3 is 0 Å². The monoisotopic (exact) mass is 404 g/mol. The third-order valence-corrected chi connectivity index (χ3v) is 4.32. The molecule has 0 fully saturated rings. The summed E-state index contributed by atoms with van der Waals surface area (Å²) in [5.74, 6) is 0. The van der Waals surface area contributed by atoms with Gasteiger partial charge in [0.1, 0.15) is 12.9 Å². The van der Waals surface area contributed by atoms with E-state index in [4.69, 9.17) is 23.7 Å². The third-order valence-electron chi connectivity index (χ3n) is 4.32. The van der Waals surface area contributed by atoms with Crippen molar-refractivity contribution in [2.24, 2.45) is 0 Å². The first-order valence-electron chi connectivity index (χ1n) is 11.2. The molecule has 0 radical (unpaired) electrons. The maximum Gasteiger partial charge on any atom is 0.145 e. The Morgan fingerprint density at radius 3 is 1.25 bits per heavy atom. The van der Waals surface area contributed by atoms with E-state index in [1.54, 1.807) is 0 Å². The van der Waals surface area contributed by atoms with Crippen LogP contribution < -0.4 is 0 Å². The second kappa shape index (κ2) is 26.5. The molecule has 0 bridgehead atoms. The molecular weight excluding hydrogens is 360 g/mol. The van der Waals surface area contributed by atoms with Gasteiger partial charge in [0, 0.05) is 6.61 Å². The van der Waals surface area contributed by atoms with Gasteiger partial charge in [-0.15, -0.1) is 0 Å². The molecule has 0 saturated heterocycles. The fourth-order valence-corrected chi connectivity index (χ4v) is 2.70. The summed E-state index contributed by atoms with van der Waals surface area (Å²) in [6, 6.07) is 0. The highest BCUT2D eigenvalue weighted by atomic mass is 16.6. The summed E-state index contributed by atoms with van der Waals surface area (Å²) in [5.41, 5.74) is 0. The molecule has 168 valence electrons. The van der Waals surface area contributed by atoms with Gasteiger partial charge < -0.3 is 28.5 Å². The van der Waals surface area contributed by atoms with Crippen molar-refractivity contribution in [3.63, 3.8) is 0 Å². The number of unbranched alkanes of at least 4 members (excludes halogenated alkanes) is 9. The highest BCUT2D eigenvalue weighted by molar-refractivity contribution is 5.50. The zero-order valence-electron chi connectivity index (χ0n) is 18.2. The summed E-state index contributed by atoms with van der Waals surface area (Å²) < 4.78 is 26.7. The number of rotatable bonds is 25. The predicted octanol–water partition coefficient (Wildman–Crippen LogP) is 4.19. The molecule has 0 aromatic rings. The van der Waals surface area contributed by atoms with Gasteiger partial charge in [0.2, 0.25) is 0 Å². The van der Waals surface area contributed by atoms with Crippen LogP contribution in [0.2, 0.25) is 0 Å². The van der Waals surface area contributed by atoms with Gasteiger partial charge in [-0.2, -0.15) is 0 Å². The molecule has 0 heterocycles. The van der Waals surface area contributed by atoms with Crippen LogP contribution in [0.15, 0.2) is 0 Å². The van der Waals surface area contributed by atoms with Crippen LogP contribution in [-0.2, 0) is 28.5 Å². The lowest BCUT2D eigenvalue weighted by atomic mass is 10.1. The maximum atomic E-state index is 10.0. The predicted molar refractivity (Wildman–Crippen MR) is 112 cm³/mol. The summed E-state index contributed by atoms with van der Waals surface area (Å²) in [4.78, 5) is 10.0. The lowest BCUT2D eigenvalue weighted by molar-refractivity contribution is -0.112. The van der Waals surface area contributed by atoms with Crippen LogP contribution in [0.25, 0.3) is 0 Å². The van der Waals surface area contributed by atoms with Gasteiger partial charge in [-0.1, -0.05) is 64.7 Å². The average Bonchev–Trinajstić information content (AvgIpc) is 2.71. The number of carbonyl (C=O) groups is 1. The van der Waals surface area contributed by atoms with E-state index >= 15 is 0 Å². The fourth-order valence-electron chi connectivity index (χ4n) is 2.70. The first-order valence-corrected chi connectivity index (χ1v) is 11.2. The standard InChI is InChI=1S/C22H44O6/c1-2-3-4-5-6-7-8-9-10-11-13-24-15-17-26-19-21-28-22-20-27-18-16-25-14-12-23/h12H,2-11,13-22H2,1H3. The third kappa shape index (κ3) is 25.5. The topological polar surface area (TPSA) is 63.2 Å². The quantitative estimate of drug-likeness (QED) is 0.168. The van der Waals surface area contributed by atoms with Crippen LogP contribution in [0, 0.1) is 0 Å². The Morgan fingerprint density at radius 1 is 0.464 bits per heavy atom. The van der Waals surface area contributed by atoms with E-state index < -0.39 is 0 Å². The molecule has 0 rings (SSSR count). The minimum Gasteiger partial charge on any atom is -0.379 e. The van der Waals surface area contributed by atoms with Crippen LogP contribution in [-0.4, -0.2) is 72.4 Å². The SMILES string of the molecule is CCCCCCCCCCCCOCCOCCOCCOCCOCC=O. The molecule has 0 spiro atoms. The van der Waals surface area contributed by atoms with Crippen molar-refractivity contribution in [2.45, 2.75) is 71.1 Å². The zero-order valence-corrected chi connectivity index (χ0v) is 18.2. The van der Waals surface area contributed by atoms with Crippen molar-refractivity contribution < 1.29 is 28.5 Å². The highest BCUT2D eigenvalue weighted by Gasteiger charge is 1.95. The Bertz CT molecular complexity index is 288. The number of aldehydes is 1. The molecule has 6 heteroatoms. The fraction of sp³-hybridized carbons (Fsp3) is 0.955. The van der Waals surface area contributed by atoms with Crippen LogP contribution in [0.4, 0.5) is 0 Å². The number of ether oxygens (including phenoxy) is 5. The van der Waals surface area contributed by atoms with Crippen molar-refractivity contribution in [3.8, 4) is 0 Å². The van der Waals surface area contributed by atoms with E-state index in [9.17, 15) is 4.79 Å². The zero-order chi connectivity index (χ0) is 20.4. The van der Waals surface area contributed by atoms with Crippen LogP contribution in [0.3, 0.4) is 0 Å². The van der Waals surface area contributed by atoms with Gasteiger partial charge in [0.25, 0.3) is 0 Å². The van der Waals surface area contributed by atoms with E-state index in [1.165, 1.54) is 57.8 Å². The van der Waals surface area contributed by atoms with Crippen molar-refractivity contribution >= 4 is 6.29 Å². The normalized spacial score (nSPS) is 11.2. The minimum absolute atomic E-state index is 0.125. The van der Waals surface area contributed by atoms with Gasteiger partial charge in [-0.25, -0.2) is 0 Å². The lowest BCUT2D eigenvalue weighted by Gasteiger charge is -2.07. The molecule has 0 unspecified atom stereocenters. The minimum atomic E-state index is 0.125. The highest BCUT2D eigenvalue weighted by Crippen LogP contribution is 2.10. The van der Waals surface area contributed by atoms with Crippen molar-refractivity contribution in [1.29, 1.82) is 0 Å². The Kier molecular flexibility index (Phi) is 26.0. The lowest BCUT2D eigenvalue weighted by Crippen LogP contribution is -2.13. The molecular formula is C22H44O6. The van der Waals surface area contributed by atoms with Crippen molar-refractivity contribution in [2.75, 3.05) is 66.1 Å². The maximum absolute atomic E-state index is 10.0. The van der Waals surface area contributed by atoms with E-state index in [2.05, 4.69) is 6.92 Å². The molecule has 0 aliphatic heterocycles. The molecule has 0 aromatic heterocycles. The van der Waals surface area contributed by atoms with Crippen LogP contribution in [0.5, 0.6) is 0 Å². The second-order valence-corrected chi connectivity index (χ2v) is 6.87. The van der Waals surface area contributed by atoms with Gasteiger partial charge in [0.15, 0.2) is 0 Å². The Hall–Kier alpha value is -0.530. The number of hydrogen-bond donors (Lipinski definition) is 0. The largest absolute Gasteiger partial charge is 0.379 e. The van der Waals surface area contributed by atoms with Crippen molar-refractivity contribution in [1.82, 2.24) is 0 Å². The van der Waals surface area contributed by atoms with Crippen molar-refractivity contribution in [3.05, 3.63) is 0 Å². The summed E-state index contributed by atoms with van der Waals surface area (Å²) >= 11 is 0. The summed E-state index contributed by atoms with van der Waals surface area (Å²) in [6.07, 6.45) is 14.2. The molecule has 28 heavy (non-hydrogen) atoms. The smallest absolute Gasteiger partial charge is 0.145 e.